The third-order valence-corrected chi connectivity index (χ3v) is 7.02. The molecule has 1 aliphatic rings. The lowest BCUT2D eigenvalue weighted by molar-refractivity contribution is -0.139. The second kappa shape index (κ2) is 13.7. The fourth-order valence-corrected chi connectivity index (χ4v) is 4.73. The van der Waals surface area contributed by atoms with Gasteiger partial charge >= 0.3 is 5.97 Å². The number of nitrogens with zero attached hydrogens (tertiary/aromatic N) is 2. The van der Waals surface area contributed by atoms with E-state index in [1.54, 1.807) is 12.1 Å². The number of benzene rings is 2. The first kappa shape index (κ1) is 28.0. The van der Waals surface area contributed by atoms with Gasteiger partial charge in [0.15, 0.2) is 0 Å². The van der Waals surface area contributed by atoms with Gasteiger partial charge in [0, 0.05) is 35.4 Å². The van der Waals surface area contributed by atoms with Crippen molar-refractivity contribution in [2.24, 2.45) is 0 Å². The largest absolute Gasteiger partial charge is 0.468 e. The molecule has 1 saturated carbocycles. The van der Waals surface area contributed by atoms with E-state index in [0.717, 1.165) is 36.8 Å². The van der Waals surface area contributed by atoms with Gasteiger partial charge in [0.1, 0.15) is 17.9 Å². The van der Waals surface area contributed by atoms with Crippen LogP contribution in [-0.2, 0) is 9.53 Å². The predicted molar refractivity (Wildman–Crippen MR) is 153 cm³/mol. The lowest BCUT2D eigenvalue weighted by Gasteiger charge is -2.24. The third-order valence-electron chi connectivity index (χ3n) is 6.77. The summed E-state index contributed by atoms with van der Waals surface area (Å²) in [5.41, 5.74) is 2.28. The first-order valence-corrected chi connectivity index (χ1v) is 13.4. The molecule has 1 aromatic heterocycles. The molecule has 0 aliphatic heterocycles. The SMILES string of the molecule is COC(=O)CNC(=O)c1cnc(NC2CCCCC2)nc1NCC(C(=N)c1ccc(Cl)cc1)c1ccccc1. The Morgan fingerprint density at radius 2 is 1.79 bits per heavy atom. The zero-order valence-corrected chi connectivity index (χ0v) is 22.6. The highest BCUT2D eigenvalue weighted by molar-refractivity contribution is 6.30. The summed E-state index contributed by atoms with van der Waals surface area (Å²) in [6.07, 6.45) is 7.08. The van der Waals surface area contributed by atoms with E-state index in [1.807, 2.05) is 42.5 Å². The smallest absolute Gasteiger partial charge is 0.325 e. The summed E-state index contributed by atoms with van der Waals surface area (Å²) >= 11 is 6.07. The number of ether oxygens (including phenoxy) is 1. The van der Waals surface area contributed by atoms with Crippen molar-refractivity contribution in [1.29, 1.82) is 5.41 Å². The molecule has 204 valence electrons. The Kier molecular flexibility index (Phi) is 9.85. The van der Waals surface area contributed by atoms with Gasteiger partial charge in [-0.05, 0) is 36.1 Å². The molecule has 1 fully saturated rings. The average Bonchev–Trinajstić information content (AvgIpc) is 2.97. The van der Waals surface area contributed by atoms with E-state index >= 15 is 0 Å². The summed E-state index contributed by atoms with van der Waals surface area (Å²) in [5, 5.41) is 18.8. The summed E-state index contributed by atoms with van der Waals surface area (Å²) in [4.78, 5) is 33.6. The molecule has 3 aromatic rings. The molecule has 1 amide bonds. The van der Waals surface area contributed by atoms with E-state index in [4.69, 9.17) is 17.0 Å². The summed E-state index contributed by atoms with van der Waals surface area (Å²) in [5.74, 6) is -0.664. The summed E-state index contributed by atoms with van der Waals surface area (Å²) in [6.45, 7) is 0.0212. The standard InChI is InChI=1S/C29H33ClN6O3/c1-39-25(37)18-33-28(38)24-17-34-29(35-22-10-6-3-7-11-22)36-27(24)32-16-23(19-8-4-2-5-9-19)26(31)20-12-14-21(30)15-13-20/h2,4-5,8-9,12-15,17,22-23,31H,3,6-7,10-11,16,18H2,1H3,(H,33,38)(H2,32,34,35,36). The fourth-order valence-electron chi connectivity index (χ4n) is 4.60. The maximum atomic E-state index is 13.0. The van der Waals surface area contributed by atoms with Crippen molar-refractivity contribution in [2.45, 2.75) is 44.1 Å². The molecule has 4 rings (SSSR count). The van der Waals surface area contributed by atoms with Crippen LogP contribution in [0, 0.1) is 5.41 Å². The normalized spacial score (nSPS) is 14.2. The van der Waals surface area contributed by atoms with Crippen LogP contribution in [0.2, 0.25) is 5.02 Å². The number of hydrogen-bond acceptors (Lipinski definition) is 8. The van der Waals surface area contributed by atoms with E-state index in [1.165, 1.54) is 19.7 Å². The Balaban J connectivity index is 1.60. The lowest BCUT2D eigenvalue weighted by atomic mass is 9.90. The van der Waals surface area contributed by atoms with Crippen LogP contribution in [0.5, 0.6) is 0 Å². The van der Waals surface area contributed by atoms with Gasteiger partial charge in [-0.1, -0.05) is 73.3 Å². The Labute approximate surface area is 233 Å². The zero-order valence-electron chi connectivity index (χ0n) is 21.9. The number of aromatic nitrogens is 2. The van der Waals surface area contributed by atoms with Crippen molar-refractivity contribution < 1.29 is 14.3 Å². The monoisotopic (exact) mass is 548 g/mol. The molecular weight excluding hydrogens is 516 g/mol. The minimum Gasteiger partial charge on any atom is -0.468 e. The summed E-state index contributed by atoms with van der Waals surface area (Å²) in [6, 6.07) is 17.2. The minimum absolute atomic E-state index is 0.193. The molecule has 0 bridgehead atoms. The van der Waals surface area contributed by atoms with Crippen molar-refractivity contribution in [3.05, 3.63) is 82.5 Å². The molecule has 0 saturated heterocycles. The zero-order chi connectivity index (χ0) is 27.6. The first-order valence-electron chi connectivity index (χ1n) is 13.1. The molecule has 9 nitrogen and oxygen atoms in total. The van der Waals surface area contributed by atoms with Crippen LogP contribution in [0.15, 0.2) is 60.8 Å². The van der Waals surface area contributed by atoms with Crippen molar-refractivity contribution in [3.63, 3.8) is 0 Å². The molecule has 1 unspecified atom stereocenters. The first-order chi connectivity index (χ1) is 18.9. The maximum Gasteiger partial charge on any atom is 0.325 e. The van der Waals surface area contributed by atoms with E-state index in [0.29, 0.717) is 29.0 Å². The molecule has 4 N–H and O–H groups in total. The number of halogens is 1. The van der Waals surface area contributed by atoms with Crippen LogP contribution >= 0.6 is 11.6 Å². The van der Waals surface area contributed by atoms with Crippen LogP contribution in [0.1, 0.15) is 59.5 Å². The van der Waals surface area contributed by atoms with Crippen LogP contribution in [0.4, 0.5) is 11.8 Å². The summed E-state index contributed by atoms with van der Waals surface area (Å²) in [7, 11) is 1.26. The molecule has 2 aromatic carbocycles. The van der Waals surface area contributed by atoms with Crippen LogP contribution in [0.3, 0.4) is 0 Å². The quantitative estimate of drug-likeness (QED) is 0.195. The highest BCUT2D eigenvalue weighted by Crippen LogP contribution is 2.25. The second-order valence-corrected chi connectivity index (χ2v) is 9.90. The maximum absolute atomic E-state index is 13.0. The van der Waals surface area contributed by atoms with Crippen LogP contribution < -0.4 is 16.0 Å². The topological polar surface area (TPSA) is 129 Å². The van der Waals surface area contributed by atoms with Crippen LogP contribution in [-0.4, -0.2) is 53.8 Å². The molecule has 39 heavy (non-hydrogen) atoms. The average molecular weight is 549 g/mol. The van der Waals surface area contributed by atoms with Gasteiger partial charge in [-0.15, -0.1) is 0 Å². The number of nitrogens with one attached hydrogen (secondary N) is 4. The Hall–Kier alpha value is -3.98. The molecule has 1 aliphatic carbocycles. The van der Waals surface area contributed by atoms with Crippen molar-refractivity contribution in [2.75, 3.05) is 30.8 Å². The van der Waals surface area contributed by atoms with E-state index in [9.17, 15) is 9.59 Å². The molecule has 0 radical (unpaired) electrons. The number of esters is 1. The minimum atomic E-state index is -0.560. The molecule has 1 atom stereocenters. The highest BCUT2D eigenvalue weighted by Gasteiger charge is 2.22. The second-order valence-electron chi connectivity index (χ2n) is 9.46. The van der Waals surface area contributed by atoms with Gasteiger partial charge < -0.3 is 26.1 Å². The van der Waals surface area contributed by atoms with E-state index in [-0.39, 0.29) is 24.1 Å². The van der Waals surface area contributed by atoms with E-state index in [2.05, 4.69) is 30.7 Å². The third kappa shape index (κ3) is 7.77. The number of anilines is 2. The van der Waals surface area contributed by atoms with Gasteiger partial charge in [0.25, 0.3) is 5.91 Å². The number of carbonyl (C=O) groups is 2. The molecule has 0 spiro atoms. The van der Waals surface area contributed by atoms with Crippen molar-refractivity contribution >= 4 is 41.0 Å². The van der Waals surface area contributed by atoms with Crippen LogP contribution in [0.25, 0.3) is 0 Å². The Morgan fingerprint density at radius 3 is 2.49 bits per heavy atom. The number of amides is 1. The predicted octanol–water partition coefficient (Wildman–Crippen LogP) is 5.04. The fraction of sp³-hybridized carbons (Fsp3) is 0.345. The highest BCUT2D eigenvalue weighted by atomic mass is 35.5. The molecular formula is C29H33ClN6O3. The van der Waals surface area contributed by atoms with Gasteiger partial charge in [-0.25, -0.2) is 4.98 Å². The lowest BCUT2D eigenvalue weighted by Crippen LogP contribution is -2.32. The number of carbonyl (C=O) groups excluding carboxylic acids is 2. The van der Waals surface area contributed by atoms with E-state index < -0.39 is 11.9 Å². The van der Waals surface area contributed by atoms with Gasteiger partial charge in [0.2, 0.25) is 5.95 Å². The van der Waals surface area contributed by atoms with Crippen molar-refractivity contribution in [3.8, 4) is 0 Å². The van der Waals surface area contributed by atoms with Gasteiger partial charge in [-0.3, -0.25) is 9.59 Å². The van der Waals surface area contributed by atoms with Crippen molar-refractivity contribution in [1.82, 2.24) is 15.3 Å². The summed E-state index contributed by atoms with van der Waals surface area (Å²) < 4.78 is 4.63. The Morgan fingerprint density at radius 1 is 1.08 bits per heavy atom. The number of methoxy groups -OCH3 is 1. The van der Waals surface area contributed by atoms with Gasteiger partial charge in [0.05, 0.1) is 7.11 Å². The number of rotatable bonds is 11. The molecule has 1 heterocycles. The number of hydrogen-bond donors (Lipinski definition) is 4. The Bertz CT molecular complexity index is 1280. The molecule has 10 heteroatoms. The van der Waals surface area contributed by atoms with Gasteiger partial charge in [-0.2, -0.15) is 4.98 Å².